The van der Waals surface area contributed by atoms with Gasteiger partial charge in [-0.3, -0.25) is 4.98 Å². The fraction of sp³-hybridized carbons (Fsp3) is 0.154. The van der Waals surface area contributed by atoms with Crippen LogP contribution in [0.4, 0.5) is 0 Å². The van der Waals surface area contributed by atoms with Crippen molar-refractivity contribution in [2.24, 2.45) is 0 Å². The minimum Gasteiger partial charge on any atom is -0.497 e. The molecule has 1 aromatic carbocycles. The summed E-state index contributed by atoms with van der Waals surface area (Å²) in [5, 5.41) is 0. The number of hydrogen-bond acceptors (Lipinski definition) is 3. The minimum atomic E-state index is 0.499. The van der Waals surface area contributed by atoms with E-state index in [9.17, 15) is 0 Å². The second-order valence-electron chi connectivity index (χ2n) is 3.48. The predicted octanol–water partition coefficient (Wildman–Crippen LogP) is 3.43. The predicted molar refractivity (Wildman–Crippen MR) is 69.3 cm³/mol. The minimum absolute atomic E-state index is 0.499. The third-order valence-corrected chi connectivity index (χ3v) is 2.66. The van der Waals surface area contributed by atoms with Gasteiger partial charge in [0, 0.05) is 22.4 Å². The van der Waals surface area contributed by atoms with Gasteiger partial charge in [-0.2, -0.15) is 0 Å². The molecule has 17 heavy (non-hydrogen) atoms. The van der Waals surface area contributed by atoms with Crippen molar-refractivity contribution in [2.45, 2.75) is 6.61 Å². The van der Waals surface area contributed by atoms with Crippen LogP contribution in [-0.2, 0) is 6.61 Å². The highest BCUT2D eigenvalue weighted by molar-refractivity contribution is 9.10. The van der Waals surface area contributed by atoms with Crippen molar-refractivity contribution < 1.29 is 9.47 Å². The molecule has 0 unspecified atom stereocenters. The Balaban J connectivity index is 1.97. The van der Waals surface area contributed by atoms with E-state index in [1.165, 1.54) is 0 Å². The Kier molecular flexibility index (Phi) is 3.98. The number of rotatable bonds is 4. The number of halogens is 1. The molecule has 2 rings (SSSR count). The number of benzene rings is 1. The molecule has 0 atom stereocenters. The zero-order chi connectivity index (χ0) is 12.1. The van der Waals surface area contributed by atoms with Crippen molar-refractivity contribution in [3.05, 3.63) is 52.8 Å². The zero-order valence-corrected chi connectivity index (χ0v) is 11.0. The molecular weight excluding hydrogens is 282 g/mol. The lowest BCUT2D eigenvalue weighted by atomic mass is 10.3. The smallest absolute Gasteiger partial charge is 0.120 e. The topological polar surface area (TPSA) is 31.4 Å². The van der Waals surface area contributed by atoms with E-state index in [4.69, 9.17) is 9.47 Å². The van der Waals surface area contributed by atoms with E-state index in [2.05, 4.69) is 20.9 Å². The Morgan fingerprint density at radius 3 is 2.47 bits per heavy atom. The molecule has 0 bridgehead atoms. The van der Waals surface area contributed by atoms with Crippen LogP contribution in [0.5, 0.6) is 11.5 Å². The molecule has 0 aliphatic rings. The summed E-state index contributed by atoms with van der Waals surface area (Å²) in [4.78, 5) is 4.08. The van der Waals surface area contributed by atoms with Crippen molar-refractivity contribution >= 4 is 15.9 Å². The van der Waals surface area contributed by atoms with E-state index in [0.717, 1.165) is 21.5 Å². The number of hydrogen-bond donors (Lipinski definition) is 0. The highest BCUT2D eigenvalue weighted by atomic mass is 79.9. The van der Waals surface area contributed by atoms with Crippen LogP contribution in [0.2, 0.25) is 0 Å². The van der Waals surface area contributed by atoms with Gasteiger partial charge in [-0.15, -0.1) is 0 Å². The van der Waals surface area contributed by atoms with Gasteiger partial charge in [0.2, 0.25) is 0 Å². The molecule has 0 aliphatic heterocycles. The maximum Gasteiger partial charge on any atom is 0.120 e. The standard InChI is InChI=1S/C13H12BrNO2/c1-16-12-2-4-13(5-3-12)17-9-10-6-11(14)8-15-7-10/h2-8H,9H2,1H3. The van der Waals surface area contributed by atoms with Gasteiger partial charge < -0.3 is 9.47 Å². The largest absolute Gasteiger partial charge is 0.497 e. The van der Waals surface area contributed by atoms with Gasteiger partial charge in [-0.25, -0.2) is 0 Å². The van der Waals surface area contributed by atoms with E-state index >= 15 is 0 Å². The van der Waals surface area contributed by atoms with Crippen molar-refractivity contribution in [3.63, 3.8) is 0 Å². The molecule has 0 aliphatic carbocycles. The first-order valence-corrected chi connectivity index (χ1v) is 5.93. The quantitative estimate of drug-likeness (QED) is 0.865. The summed E-state index contributed by atoms with van der Waals surface area (Å²) in [5.74, 6) is 1.63. The molecule has 1 heterocycles. The first-order valence-electron chi connectivity index (χ1n) is 5.14. The highest BCUT2D eigenvalue weighted by Crippen LogP contribution is 2.18. The van der Waals surface area contributed by atoms with E-state index < -0.39 is 0 Å². The Bertz CT molecular complexity index is 485. The zero-order valence-electron chi connectivity index (χ0n) is 9.39. The summed E-state index contributed by atoms with van der Waals surface area (Å²) in [6.07, 6.45) is 3.53. The molecule has 2 aromatic rings. The summed E-state index contributed by atoms with van der Waals surface area (Å²) in [5.41, 5.74) is 1.02. The summed E-state index contributed by atoms with van der Waals surface area (Å²) >= 11 is 3.37. The maximum absolute atomic E-state index is 5.63. The lowest BCUT2D eigenvalue weighted by Crippen LogP contribution is -1.96. The van der Waals surface area contributed by atoms with Crippen LogP contribution in [0.3, 0.4) is 0 Å². The molecule has 0 radical (unpaired) electrons. The molecule has 0 fully saturated rings. The summed E-state index contributed by atoms with van der Waals surface area (Å²) in [6.45, 7) is 0.499. The van der Waals surface area contributed by atoms with Crippen molar-refractivity contribution in [1.29, 1.82) is 0 Å². The average Bonchev–Trinajstić information content (AvgIpc) is 2.37. The molecule has 1 aromatic heterocycles. The van der Waals surface area contributed by atoms with Gasteiger partial charge in [-0.05, 0) is 46.3 Å². The van der Waals surface area contributed by atoms with Crippen molar-refractivity contribution in [2.75, 3.05) is 7.11 Å². The SMILES string of the molecule is COc1ccc(OCc2cncc(Br)c2)cc1. The number of ether oxygens (including phenoxy) is 2. The third kappa shape index (κ3) is 3.46. The fourth-order valence-corrected chi connectivity index (χ4v) is 1.79. The molecule has 4 heteroatoms. The monoisotopic (exact) mass is 293 g/mol. The van der Waals surface area contributed by atoms with Crippen LogP contribution in [0, 0.1) is 0 Å². The first-order chi connectivity index (χ1) is 8.28. The Morgan fingerprint density at radius 2 is 1.82 bits per heavy atom. The number of nitrogens with zero attached hydrogens (tertiary/aromatic N) is 1. The lowest BCUT2D eigenvalue weighted by Gasteiger charge is -2.07. The average molecular weight is 294 g/mol. The molecular formula is C13H12BrNO2. The van der Waals surface area contributed by atoms with Crippen LogP contribution in [-0.4, -0.2) is 12.1 Å². The molecule has 3 nitrogen and oxygen atoms in total. The second kappa shape index (κ2) is 5.68. The summed E-state index contributed by atoms with van der Waals surface area (Å²) in [7, 11) is 1.64. The lowest BCUT2D eigenvalue weighted by molar-refractivity contribution is 0.305. The molecule has 0 saturated heterocycles. The normalized spacial score (nSPS) is 10.0. The van der Waals surface area contributed by atoms with Crippen LogP contribution in [0.25, 0.3) is 0 Å². The van der Waals surface area contributed by atoms with E-state index in [1.807, 2.05) is 30.3 Å². The Morgan fingerprint density at radius 1 is 1.12 bits per heavy atom. The van der Waals surface area contributed by atoms with Gasteiger partial charge in [0.05, 0.1) is 7.11 Å². The first kappa shape index (κ1) is 11.9. The van der Waals surface area contributed by atoms with Gasteiger partial charge >= 0.3 is 0 Å². The number of pyridine rings is 1. The third-order valence-electron chi connectivity index (χ3n) is 2.23. The van der Waals surface area contributed by atoms with Gasteiger partial charge in [0.25, 0.3) is 0 Å². The number of aromatic nitrogens is 1. The molecule has 0 amide bonds. The van der Waals surface area contributed by atoms with E-state index in [0.29, 0.717) is 6.61 Å². The molecule has 0 spiro atoms. The van der Waals surface area contributed by atoms with E-state index in [1.54, 1.807) is 19.5 Å². The second-order valence-corrected chi connectivity index (χ2v) is 4.39. The van der Waals surface area contributed by atoms with Gasteiger partial charge in [0.1, 0.15) is 18.1 Å². The summed E-state index contributed by atoms with van der Waals surface area (Å²) in [6, 6.07) is 9.48. The molecule has 0 saturated carbocycles. The fourth-order valence-electron chi connectivity index (χ4n) is 1.37. The van der Waals surface area contributed by atoms with Crippen LogP contribution in [0.1, 0.15) is 5.56 Å². The Labute approximate surface area is 109 Å². The number of methoxy groups -OCH3 is 1. The molecule has 88 valence electrons. The van der Waals surface area contributed by atoms with Crippen LogP contribution < -0.4 is 9.47 Å². The van der Waals surface area contributed by atoms with Crippen LogP contribution >= 0.6 is 15.9 Å². The van der Waals surface area contributed by atoms with Crippen molar-refractivity contribution in [1.82, 2.24) is 4.98 Å². The Hall–Kier alpha value is -1.55. The highest BCUT2D eigenvalue weighted by Gasteiger charge is 1.98. The van der Waals surface area contributed by atoms with Gasteiger partial charge in [0.15, 0.2) is 0 Å². The van der Waals surface area contributed by atoms with Crippen LogP contribution in [0.15, 0.2) is 47.2 Å². The van der Waals surface area contributed by atoms with Crippen molar-refractivity contribution in [3.8, 4) is 11.5 Å². The van der Waals surface area contributed by atoms with Gasteiger partial charge in [-0.1, -0.05) is 0 Å². The maximum atomic E-state index is 5.63. The molecule has 0 N–H and O–H groups in total. The summed E-state index contributed by atoms with van der Waals surface area (Å²) < 4.78 is 11.7. The van der Waals surface area contributed by atoms with E-state index in [-0.39, 0.29) is 0 Å².